The molecule has 1 aliphatic rings. The second kappa shape index (κ2) is 5.10. The molecule has 0 aromatic carbocycles. The molecule has 1 fully saturated rings. The zero-order valence-corrected chi connectivity index (χ0v) is 10.1. The Hall–Kier alpha value is -0.380. The quantitative estimate of drug-likeness (QED) is 0.611. The van der Waals surface area contributed by atoms with E-state index in [0.29, 0.717) is 6.04 Å². The second-order valence-electron chi connectivity index (χ2n) is 4.47. The number of aryl methyl sites for hydroxylation is 1. The van der Waals surface area contributed by atoms with Gasteiger partial charge in [0.1, 0.15) is 0 Å². The van der Waals surface area contributed by atoms with Gasteiger partial charge in [-0.15, -0.1) is 11.3 Å². The van der Waals surface area contributed by atoms with Gasteiger partial charge in [0.05, 0.1) is 0 Å². The van der Waals surface area contributed by atoms with E-state index < -0.39 is 0 Å². The van der Waals surface area contributed by atoms with E-state index in [2.05, 4.69) is 23.8 Å². The lowest BCUT2D eigenvalue weighted by Crippen LogP contribution is -2.34. The van der Waals surface area contributed by atoms with Crippen LogP contribution in [0, 0.1) is 12.8 Å². The minimum atomic E-state index is 0.372. The zero-order valence-electron chi connectivity index (χ0n) is 9.33. The summed E-state index contributed by atoms with van der Waals surface area (Å²) in [6, 6.07) is 2.59. The van der Waals surface area contributed by atoms with Gasteiger partial charge in [0.15, 0.2) is 0 Å². The minimum Gasteiger partial charge on any atom is -0.271 e. The van der Waals surface area contributed by atoms with Crippen molar-refractivity contribution in [3.8, 4) is 0 Å². The SMILES string of the molecule is Cc1sccc1C(NN)C1CCCCC1. The van der Waals surface area contributed by atoms with E-state index >= 15 is 0 Å². The van der Waals surface area contributed by atoms with E-state index in [9.17, 15) is 0 Å². The molecule has 1 heterocycles. The van der Waals surface area contributed by atoms with Crippen LogP contribution in [0.2, 0.25) is 0 Å². The number of hydrogen-bond donors (Lipinski definition) is 2. The summed E-state index contributed by atoms with van der Waals surface area (Å²) in [4.78, 5) is 1.41. The van der Waals surface area contributed by atoms with Crippen LogP contribution in [0.4, 0.5) is 0 Å². The zero-order chi connectivity index (χ0) is 10.7. The topological polar surface area (TPSA) is 38.0 Å². The van der Waals surface area contributed by atoms with Gasteiger partial charge in [-0.2, -0.15) is 0 Å². The Morgan fingerprint density at radius 3 is 2.67 bits per heavy atom. The number of thiophene rings is 1. The van der Waals surface area contributed by atoms with Crippen LogP contribution in [0.15, 0.2) is 11.4 Å². The maximum Gasteiger partial charge on any atom is 0.0499 e. The molecular weight excluding hydrogens is 204 g/mol. The Labute approximate surface area is 95.8 Å². The molecule has 84 valence electrons. The van der Waals surface area contributed by atoms with E-state index in [1.54, 1.807) is 0 Å². The summed E-state index contributed by atoms with van der Waals surface area (Å²) in [5.74, 6) is 6.45. The molecule has 1 atom stereocenters. The average Bonchev–Trinajstić information content (AvgIpc) is 2.68. The Kier molecular flexibility index (Phi) is 3.78. The van der Waals surface area contributed by atoms with Crippen molar-refractivity contribution in [3.05, 3.63) is 21.9 Å². The van der Waals surface area contributed by atoms with Crippen molar-refractivity contribution in [2.75, 3.05) is 0 Å². The van der Waals surface area contributed by atoms with Crippen LogP contribution in [0.5, 0.6) is 0 Å². The molecule has 0 aliphatic heterocycles. The van der Waals surface area contributed by atoms with Crippen LogP contribution in [-0.4, -0.2) is 0 Å². The molecule has 3 N–H and O–H groups in total. The number of hydrazine groups is 1. The van der Waals surface area contributed by atoms with Crippen molar-refractivity contribution in [3.63, 3.8) is 0 Å². The van der Waals surface area contributed by atoms with E-state index in [0.717, 1.165) is 5.92 Å². The van der Waals surface area contributed by atoms with Gasteiger partial charge in [0.25, 0.3) is 0 Å². The van der Waals surface area contributed by atoms with Gasteiger partial charge >= 0.3 is 0 Å². The van der Waals surface area contributed by atoms with Crippen molar-refractivity contribution < 1.29 is 0 Å². The molecule has 2 rings (SSSR count). The van der Waals surface area contributed by atoms with Crippen LogP contribution in [0.1, 0.15) is 48.6 Å². The van der Waals surface area contributed by atoms with Gasteiger partial charge in [-0.1, -0.05) is 19.3 Å². The monoisotopic (exact) mass is 224 g/mol. The van der Waals surface area contributed by atoms with Gasteiger partial charge in [-0.25, -0.2) is 0 Å². The molecular formula is C12H20N2S. The van der Waals surface area contributed by atoms with Gasteiger partial charge in [-0.05, 0) is 42.7 Å². The molecule has 0 saturated heterocycles. The lowest BCUT2D eigenvalue weighted by molar-refractivity contribution is 0.273. The molecule has 0 spiro atoms. The molecule has 0 amide bonds. The highest BCUT2D eigenvalue weighted by atomic mass is 32.1. The third-order valence-electron chi connectivity index (χ3n) is 3.53. The van der Waals surface area contributed by atoms with Gasteiger partial charge < -0.3 is 0 Å². The Morgan fingerprint density at radius 1 is 1.40 bits per heavy atom. The molecule has 1 saturated carbocycles. The van der Waals surface area contributed by atoms with E-state index in [1.165, 1.54) is 42.5 Å². The fourth-order valence-electron chi connectivity index (χ4n) is 2.66. The first-order chi connectivity index (χ1) is 7.33. The first kappa shape index (κ1) is 11.1. The summed E-state index contributed by atoms with van der Waals surface area (Å²) in [5.41, 5.74) is 4.43. The number of nitrogens with one attached hydrogen (secondary N) is 1. The highest BCUT2D eigenvalue weighted by Crippen LogP contribution is 2.36. The first-order valence-electron chi connectivity index (χ1n) is 5.83. The van der Waals surface area contributed by atoms with Gasteiger partial charge in [0.2, 0.25) is 0 Å². The van der Waals surface area contributed by atoms with Gasteiger partial charge in [-0.3, -0.25) is 11.3 Å². The fourth-order valence-corrected chi connectivity index (χ4v) is 3.41. The van der Waals surface area contributed by atoms with Gasteiger partial charge in [0, 0.05) is 10.9 Å². The molecule has 1 aliphatic carbocycles. The normalized spacial score (nSPS) is 20.4. The maximum absolute atomic E-state index is 5.72. The van der Waals surface area contributed by atoms with Crippen LogP contribution < -0.4 is 11.3 Å². The molecule has 0 radical (unpaired) electrons. The molecule has 15 heavy (non-hydrogen) atoms. The predicted octanol–water partition coefficient (Wildman–Crippen LogP) is 3.14. The predicted molar refractivity (Wildman–Crippen MR) is 65.7 cm³/mol. The Morgan fingerprint density at radius 2 is 2.13 bits per heavy atom. The van der Waals surface area contributed by atoms with Crippen LogP contribution in [0.3, 0.4) is 0 Å². The lowest BCUT2D eigenvalue weighted by atomic mass is 9.81. The highest BCUT2D eigenvalue weighted by Gasteiger charge is 2.25. The van der Waals surface area contributed by atoms with E-state index in [4.69, 9.17) is 5.84 Å². The summed E-state index contributed by atoms with van der Waals surface area (Å²) in [6.45, 7) is 2.19. The Bertz CT molecular complexity index is 302. The molecule has 2 nitrogen and oxygen atoms in total. The third kappa shape index (κ3) is 2.41. The van der Waals surface area contributed by atoms with Crippen molar-refractivity contribution in [2.45, 2.75) is 45.1 Å². The van der Waals surface area contributed by atoms with Crippen molar-refractivity contribution in [1.82, 2.24) is 5.43 Å². The van der Waals surface area contributed by atoms with E-state index in [-0.39, 0.29) is 0 Å². The largest absolute Gasteiger partial charge is 0.271 e. The minimum absolute atomic E-state index is 0.372. The Balaban J connectivity index is 2.12. The highest BCUT2D eigenvalue weighted by molar-refractivity contribution is 7.10. The smallest absolute Gasteiger partial charge is 0.0499 e. The fraction of sp³-hybridized carbons (Fsp3) is 0.667. The van der Waals surface area contributed by atoms with Crippen LogP contribution in [0.25, 0.3) is 0 Å². The average molecular weight is 224 g/mol. The molecule has 1 aromatic heterocycles. The summed E-state index contributed by atoms with van der Waals surface area (Å²) < 4.78 is 0. The molecule has 3 heteroatoms. The van der Waals surface area contributed by atoms with Crippen LogP contribution in [-0.2, 0) is 0 Å². The third-order valence-corrected chi connectivity index (χ3v) is 4.40. The molecule has 1 unspecified atom stereocenters. The standard InChI is InChI=1S/C12H20N2S/c1-9-11(7-8-15-9)12(14-13)10-5-3-2-4-6-10/h7-8,10,12,14H,2-6,13H2,1H3. The summed E-state index contributed by atoms with van der Waals surface area (Å²) in [5, 5.41) is 2.16. The van der Waals surface area contributed by atoms with E-state index in [1.807, 2.05) is 11.3 Å². The van der Waals surface area contributed by atoms with Crippen molar-refractivity contribution in [1.29, 1.82) is 0 Å². The second-order valence-corrected chi connectivity index (χ2v) is 5.59. The molecule has 0 bridgehead atoms. The number of nitrogens with two attached hydrogens (primary N) is 1. The summed E-state index contributed by atoms with van der Waals surface area (Å²) >= 11 is 1.82. The van der Waals surface area contributed by atoms with Crippen molar-refractivity contribution >= 4 is 11.3 Å². The summed E-state index contributed by atoms with van der Waals surface area (Å²) in [7, 11) is 0. The number of rotatable bonds is 3. The number of hydrogen-bond acceptors (Lipinski definition) is 3. The maximum atomic E-state index is 5.72. The first-order valence-corrected chi connectivity index (χ1v) is 6.71. The lowest BCUT2D eigenvalue weighted by Gasteiger charge is -2.30. The van der Waals surface area contributed by atoms with Crippen LogP contribution >= 0.6 is 11.3 Å². The summed E-state index contributed by atoms with van der Waals surface area (Å²) in [6.07, 6.45) is 6.78. The molecule has 1 aromatic rings. The van der Waals surface area contributed by atoms with Crippen molar-refractivity contribution in [2.24, 2.45) is 11.8 Å².